The minimum absolute atomic E-state index is 0.350. The molecule has 2 rings (SSSR count). The molecule has 0 unspecified atom stereocenters. The molecule has 0 N–H and O–H groups in total. The van der Waals surface area contributed by atoms with Crippen LogP contribution in [0, 0.1) is 11.3 Å². The first-order chi connectivity index (χ1) is 8.74. The third kappa shape index (κ3) is 2.49. The van der Waals surface area contributed by atoms with E-state index in [1.807, 2.05) is 23.9 Å². The summed E-state index contributed by atoms with van der Waals surface area (Å²) in [5, 5.41) is 13.0. The number of rotatable bonds is 4. The van der Waals surface area contributed by atoms with Gasteiger partial charge in [-0.3, -0.25) is 4.68 Å². The molecule has 18 heavy (non-hydrogen) atoms. The fraction of sp³-hybridized carbons (Fsp3) is 0.200. The van der Waals surface area contributed by atoms with Crippen molar-refractivity contribution in [1.29, 1.82) is 5.26 Å². The Bertz CT molecular complexity index is 585. The smallest absolute Gasteiger partial charge is 0.0793 e. The van der Waals surface area contributed by atoms with Crippen molar-refractivity contribution in [2.24, 2.45) is 7.05 Å². The molecule has 0 bridgehead atoms. The topological polar surface area (TPSA) is 41.6 Å². The first-order valence-electron chi connectivity index (χ1n) is 5.84. The summed E-state index contributed by atoms with van der Waals surface area (Å²) in [4.78, 5) is 0. The third-order valence-electron chi connectivity index (χ3n) is 2.82. The molecule has 3 nitrogen and oxygen atoms in total. The molecular formula is C15H15N3. The van der Waals surface area contributed by atoms with Gasteiger partial charge in [0, 0.05) is 7.05 Å². The summed E-state index contributed by atoms with van der Waals surface area (Å²) >= 11 is 0. The number of aromatic nitrogens is 2. The first-order valence-corrected chi connectivity index (χ1v) is 5.84. The molecule has 90 valence electrons. The Balaban J connectivity index is 2.30. The van der Waals surface area contributed by atoms with Gasteiger partial charge < -0.3 is 0 Å². The van der Waals surface area contributed by atoms with Crippen molar-refractivity contribution in [3.05, 3.63) is 54.2 Å². The van der Waals surface area contributed by atoms with Gasteiger partial charge >= 0.3 is 0 Å². The fourth-order valence-electron chi connectivity index (χ4n) is 1.94. The summed E-state index contributed by atoms with van der Waals surface area (Å²) in [6.07, 6.45) is 3.12. The highest BCUT2D eigenvalue weighted by Crippen LogP contribution is 2.20. The van der Waals surface area contributed by atoms with E-state index >= 15 is 0 Å². The Morgan fingerprint density at radius 3 is 2.72 bits per heavy atom. The highest BCUT2D eigenvalue weighted by Gasteiger charge is 2.06. The van der Waals surface area contributed by atoms with Crippen molar-refractivity contribution in [3.63, 3.8) is 0 Å². The highest BCUT2D eigenvalue weighted by atomic mass is 15.3. The normalized spacial score (nSPS) is 10.0. The molecule has 0 amide bonds. The van der Waals surface area contributed by atoms with Crippen molar-refractivity contribution in [2.75, 3.05) is 0 Å². The second-order valence-corrected chi connectivity index (χ2v) is 4.17. The van der Waals surface area contributed by atoms with Crippen LogP contribution in [0.3, 0.4) is 0 Å². The molecule has 0 saturated carbocycles. The number of nitrogens with zero attached hydrogens (tertiary/aromatic N) is 3. The van der Waals surface area contributed by atoms with Crippen LogP contribution in [0.2, 0.25) is 0 Å². The Kier molecular flexibility index (Phi) is 3.59. The molecule has 3 heteroatoms. The van der Waals surface area contributed by atoms with Gasteiger partial charge in [0.1, 0.15) is 0 Å². The first kappa shape index (κ1) is 12.1. The maximum absolute atomic E-state index is 8.68. The zero-order valence-corrected chi connectivity index (χ0v) is 10.4. The number of nitriles is 1. The lowest BCUT2D eigenvalue weighted by atomic mass is 10.1. The quantitative estimate of drug-likeness (QED) is 0.767. The van der Waals surface area contributed by atoms with E-state index in [4.69, 9.17) is 5.26 Å². The molecule has 0 radical (unpaired) electrons. The van der Waals surface area contributed by atoms with Gasteiger partial charge in [-0.1, -0.05) is 30.3 Å². The fourth-order valence-corrected chi connectivity index (χ4v) is 1.94. The Morgan fingerprint density at radius 1 is 1.39 bits per heavy atom. The van der Waals surface area contributed by atoms with Crippen LogP contribution < -0.4 is 0 Å². The number of aryl methyl sites for hydroxylation is 1. The summed E-state index contributed by atoms with van der Waals surface area (Å²) in [5.74, 6) is 0. The van der Waals surface area contributed by atoms with Crippen LogP contribution in [0.4, 0.5) is 0 Å². The van der Waals surface area contributed by atoms with Crippen LogP contribution in [0.5, 0.6) is 0 Å². The van der Waals surface area contributed by atoms with Crippen LogP contribution in [0.1, 0.15) is 11.3 Å². The highest BCUT2D eigenvalue weighted by molar-refractivity contribution is 5.60. The molecule has 0 saturated heterocycles. The van der Waals surface area contributed by atoms with Crippen molar-refractivity contribution >= 4 is 0 Å². The van der Waals surface area contributed by atoms with E-state index in [9.17, 15) is 0 Å². The van der Waals surface area contributed by atoms with Gasteiger partial charge in [0.25, 0.3) is 0 Å². The Hall–Kier alpha value is -2.34. The zero-order valence-electron chi connectivity index (χ0n) is 10.4. The van der Waals surface area contributed by atoms with Gasteiger partial charge in [0.05, 0.1) is 23.9 Å². The van der Waals surface area contributed by atoms with Crippen molar-refractivity contribution in [2.45, 2.75) is 12.8 Å². The molecule has 0 aliphatic heterocycles. The van der Waals surface area contributed by atoms with Crippen LogP contribution in [0.15, 0.2) is 43.0 Å². The molecule has 1 heterocycles. The lowest BCUT2D eigenvalue weighted by Gasteiger charge is -2.03. The zero-order chi connectivity index (χ0) is 13.0. The lowest BCUT2D eigenvalue weighted by molar-refractivity contribution is 0.758. The summed E-state index contributed by atoms with van der Waals surface area (Å²) in [5.41, 5.74) is 4.20. The van der Waals surface area contributed by atoms with Gasteiger partial charge in [-0.15, -0.1) is 6.58 Å². The molecular weight excluding hydrogens is 222 g/mol. The number of hydrogen-bond acceptors (Lipinski definition) is 2. The molecule has 1 aromatic carbocycles. The molecule has 1 aromatic heterocycles. The number of allylic oxidation sites excluding steroid dienone is 1. The van der Waals surface area contributed by atoms with E-state index in [1.54, 1.807) is 0 Å². The molecule has 0 aliphatic carbocycles. The van der Waals surface area contributed by atoms with Crippen LogP contribution in [-0.2, 0) is 19.9 Å². The summed E-state index contributed by atoms with van der Waals surface area (Å²) in [7, 11) is 1.90. The van der Waals surface area contributed by atoms with Gasteiger partial charge in [0.2, 0.25) is 0 Å². The molecule has 0 spiro atoms. The molecule has 2 aromatic rings. The predicted molar refractivity (Wildman–Crippen MR) is 71.9 cm³/mol. The largest absolute Gasteiger partial charge is 0.268 e. The van der Waals surface area contributed by atoms with E-state index < -0.39 is 0 Å². The van der Waals surface area contributed by atoms with Gasteiger partial charge in [0.15, 0.2) is 0 Å². The van der Waals surface area contributed by atoms with Crippen molar-refractivity contribution in [3.8, 4) is 17.3 Å². The van der Waals surface area contributed by atoms with E-state index in [1.165, 1.54) is 5.56 Å². The van der Waals surface area contributed by atoms with Crippen LogP contribution in [0.25, 0.3) is 11.3 Å². The average molecular weight is 237 g/mol. The third-order valence-corrected chi connectivity index (χ3v) is 2.82. The Labute approximate surface area is 107 Å². The van der Waals surface area contributed by atoms with Crippen molar-refractivity contribution < 1.29 is 0 Å². The van der Waals surface area contributed by atoms with Gasteiger partial charge in [-0.25, -0.2) is 0 Å². The van der Waals surface area contributed by atoms with Crippen LogP contribution >= 0.6 is 0 Å². The summed E-state index contributed by atoms with van der Waals surface area (Å²) in [6, 6.07) is 12.4. The lowest BCUT2D eigenvalue weighted by Crippen LogP contribution is -1.94. The van der Waals surface area contributed by atoms with E-state index in [-0.39, 0.29) is 0 Å². The summed E-state index contributed by atoms with van der Waals surface area (Å²) < 4.78 is 1.81. The maximum Gasteiger partial charge on any atom is 0.0793 e. The van der Waals surface area contributed by atoms with Crippen LogP contribution in [-0.4, -0.2) is 9.78 Å². The van der Waals surface area contributed by atoms with E-state index in [0.717, 1.165) is 23.4 Å². The second kappa shape index (κ2) is 5.33. The van der Waals surface area contributed by atoms with Gasteiger partial charge in [-0.05, 0) is 23.6 Å². The van der Waals surface area contributed by atoms with Crippen molar-refractivity contribution in [1.82, 2.24) is 9.78 Å². The SMILES string of the molecule is C=CCc1ccc(-c2cc(CC#N)nn2C)cc1. The monoisotopic (exact) mass is 237 g/mol. The number of benzene rings is 1. The van der Waals surface area contributed by atoms with E-state index in [2.05, 4.69) is 42.0 Å². The van der Waals surface area contributed by atoms with E-state index in [0.29, 0.717) is 6.42 Å². The second-order valence-electron chi connectivity index (χ2n) is 4.17. The molecule has 0 aliphatic rings. The molecule has 0 fully saturated rings. The standard InChI is InChI=1S/C15H15N3/c1-3-4-12-5-7-13(8-6-12)15-11-14(9-10-16)17-18(15)2/h3,5-8,11H,1,4,9H2,2H3. The molecule has 0 atom stereocenters. The number of hydrogen-bond donors (Lipinski definition) is 0. The predicted octanol–water partition coefficient (Wildman–Crippen LogP) is 2.88. The van der Waals surface area contributed by atoms with Gasteiger partial charge in [-0.2, -0.15) is 10.4 Å². The minimum atomic E-state index is 0.350. The average Bonchev–Trinajstić information content (AvgIpc) is 2.72. The summed E-state index contributed by atoms with van der Waals surface area (Å²) in [6.45, 7) is 3.73. The maximum atomic E-state index is 8.68. The Morgan fingerprint density at radius 2 is 2.11 bits per heavy atom. The minimum Gasteiger partial charge on any atom is -0.268 e.